The molecule has 268 valence electrons. The molecule has 0 saturated carbocycles. The van der Waals surface area contributed by atoms with Gasteiger partial charge in [0.2, 0.25) is 0 Å². The number of hydrogen-bond acceptors (Lipinski definition) is 0. The van der Waals surface area contributed by atoms with Crippen molar-refractivity contribution in [3.63, 3.8) is 0 Å². The first-order chi connectivity index (χ1) is 28.8. The Labute approximate surface area is 335 Å². The Morgan fingerprint density at radius 2 is 0.862 bits per heavy atom. The number of nitrogens with zero attached hydrogens (tertiary/aromatic N) is 2. The molecule has 0 atom stereocenters. The van der Waals surface area contributed by atoms with Crippen LogP contribution in [0.1, 0.15) is 0 Å². The summed E-state index contributed by atoms with van der Waals surface area (Å²) in [6, 6.07) is 76.3. The highest BCUT2D eigenvalue weighted by atomic mass is 15.0. The van der Waals surface area contributed by atoms with E-state index in [9.17, 15) is 0 Å². The summed E-state index contributed by atoms with van der Waals surface area (Å²) < 4.78 is 4.87. The van der Waals surface area contributed by atoms with Gasteiger partial charge in [-0.15, -0.1) is 0 Å². The van der Waals surface area contributed by atoms with Crippen LogP contribution in [0.15, 0.2) is 206 Å². The van der Waals surface area contributed by atoms with E-state index in [-0.39, 0.29) is 0 Å². The lowest BCUT2D eigenvalue weighted by Crippen LogP contribution is -1.94. The predicted octanol–water partition coefficient (Wildman–Crippen LogP) is 15.2. The SMILES string of the molecule is c1ccc(-n2c3ccc(-c4ccc5c(c4)c4ccccc4n5-c4cccc(-c5cc6c7c(cccc7c5)-c5ccccc5-6)c4)cc3c3ccc4ccccc4c32)cc1. The van der Waals surface area contributed by atoms with E-state index in [1.807, 2.05) is 0 Å². The number of benzene rings is 10. The Kier molecular flexibility index (Phi) is 6.47. The summed E-state index contributed by atoms with van der Waals surface area (Å²) in [6.45, 7) is 0. The smallest absolute Gasteiger partial charge is 0.0619 e. The van der Waals surface area contributed by atoms with Gasteiger partial charge in [-0.3, -0.25) is 0 Å². The minimum absolute atomic E-state index is 1.16. The zero-order chi connectivity index (χ0) is 37.9. The van der Waals surface area contributed by atoms with Crippen molar-refractivity contribution in [3.8, 4) is 55.9 Å². The second-order valence-electron chi connectivity index (χ2n) is 15.7. The molecule has 2 aromatic heterocycles. The van der Waals surface area contributed by atoms with Crippen LogP contribution < -0.4 is 0 Å². The van der Waals surface area contributed by atoms with Gasteiger partial charge in [0.25, 0.3) is 0 Å². The van der Waals surface area contributed by atoms with Crippen LogP contribution in [0.25, 0.3) is 121 Å². The molecule has 2 nitrogen and oxygen atoms in total. The van der Waals surface area contributed by atoms with Crippen molar-refractivity contribution in [2.45, 2.75) is 0 Å². The molecule has 0 amide bonds. The molecule has 2 heterocycles. The van der Waals surface area contributed by atoms with Crippen LogP contribution in [-0.2, 0) is 0 Å². The molecule has 0 saturated heterocycles. The lowest BCUT2D eigenvalue weighted by Gasteiger charge is -2.12. The van der Waals surface area contributed by atoms with E-state index < -0.39 is 0 Å². The first-order valence-corrected chi connectivity index (χ1v) is 20.1. The van der Waals surface area contributed by atoms with Gasteiger partial charge in [0.1, 0.15) is 0 Å². The molecule has 0 bridgehead atoms. The van der Waals surface area contributed by atoms with E-state index in [1.54, 1.807) is 0 Å². The molecule has 58 heavy (non-hydrogen) atoms. The highest BCUT2D eigenvalue weighted by Gasteiger charge is 2.22. The second-order valence-corrected chi connectivity index (χ2v) is 15.7. The molecule has 1 aliphatic carbocycles. The fraction of sp³-hybridized carbons (Fsp3) is 0. The molecule has 0 unspecified atom stereocenters. The summed E-state index contributed by atoms with van der Waals surface area (Å²) in [7, 11) is 0. The van der Waals surface area contributed by atoms with Crippen LogP contribution in [0, 0.1) is 0 Å². The Morgan fingerprint density at radius 3 is 1.71 bits per heavy atom. The van der Waals surface area contributed by atoms with Gasteiger partial charge in [0, 0.05) is 38.3 Å². The van der Waals surface area contributed by atoms with Crippen LogP contribution in [0.5, 0.6) is 0 Å². The van der Waals surface area contributed by atoms with Gasteiger partial charge >= 0.3 is 0 Å². The molecule has 0 radical (unpaired) electrons. The molecule has 2 heteroatoms. The molecule has 10 aromatic carbocycles. The molecular formula is C56H34N2. The Morgan fingerprint density at radius 1 is 0.259 bits per heavy atom. The molecule has 12 aromatic rings. The van der Waals surface area contributed by atoms with E-state index in [2.05, 4.69) is 215 Å². The maximum Gasteiger partial charge on any atom is 0.0619 e. The maximum absolute atomic E-state index is 2.44. The zero-order valence-electron chi connectivity index (χ0n) is 31.5. The average molecular weight is 735 g/mol. The molecule has 0 N–H and O–H groups in total. The quantitative estimate of drug-likeness (QED) is 0.170. The second kappa shape index (κ2) is 11.9. The van der Waals surface area contributed by atoms with Crippen molar-refractivity contribution in [1.29, 1.82) is 0 Å². The van der Waals surface area contributed by atoms with E-state index in [1.165, 1.54) is 115 Å². The fourth-order valence-electron chi connectivity index (χ4n) is 10.0. The summed E-state index contributed by atoms with van der Waals surface area (Å²) >= 11 is 0. The minimum atomic E-state index is 1.16. The van der Waals surface area contributed by atoms with E-state index >= 15 is 0 Å². The standard InChI is InChI=1S/C56H34N2/c1-2-15-41(16-3-1)58-54-29-26-38(33-50(54)48-27-24-35-12-4-5-18-43(35)56(48)58)37-25-28-53-49(32-37)46-21-8-9-23-52(46)57(53)42-17-10-13-36(31-42)40-30-39-14-11-22-47-44-19-6-7-20-45(44)51(34-40)55(39)47/h1-34H. The Hall–Kier alpha value is -7.68. The normalized spacial score (nSPS) is 12.1. The number of para-hydroxylation sites is 2. The number of fused-ring (bicyclic) bond motifs is 11. The lowest BCUT2D eigenvalue weighted by molar-refractivity contribution is 1.18. The van der Waals surface area contributed by atoms with Crippen molar-refractivity contribution in [2.75, 3.05) is 0 Å². The summed E-state index contributed by atoms with van der Waals surface area (Å²) in [6.07, 6.45) is 0. The molecular weight excluding hydrogens is 701 g/mol. The van der Waals surface area contributed by atoms with E-state index in [0.29, 0.717) is 0 Å². The van der Waals surface area contributed by atoms with Crippen molar-refractivity contribution in [1.82, 2.24) is 9.13 Å². The third kappa shape index (κ3) is 4.43. The zero-order valence-corrected chi connectivity index (χ0v) is 31.5. The molecule has 0 aliphatic heterocycles. The number of rotatable bonds is 4. The van der Waals surface area contributed by atoms with Crippen molar-refractivity contribution in [2.24, 2.45) is 0 Å². The summed E-state index contributed by atoms with van der Waals surface area (Å²) in [5.74, 6) is 0. The third-order valence-electron chi connectivity index (χ3n) is 12.6. The van der Waals surface area contributed by atoms with Crippen LogP contribution in [-0.4, -0.2) is 9.13 Å². The van der Waals surface area contributed by atoms with Gasteiger partial charge in [-0.1, -0.05) is 140 Å². The van der Waals surface area contributed by atoms with Crippen molar-refractivity contribution >= 4 is 65.2 Å². The predicted molar refractivity (Wildman–Crippen MR) is 245 cm³/mol. The molecule has 0 spiro atoms. The first kappa shape index (κ1) is 31.5. The maximum atomic E-state index is 2.44. The minimum Gasteiger partial charge on any atom is -0.309 e. The van der Waals surface area contributed by atoms with Crippen LogP contribution >= 0.6 is 0 Å². The summed E-state index contributed by atoms with van der Waals surface area (Å²) in [5.41, 5.74) is 17.4. The van der Waals surface area contributed by atoms with Gasteiger partial charge in [-0.2, -0.15) is 0 Å². The summed E-state index contributed by atoms with van der Waals surface area (Å²) in [4.78, 5) is 0. The van der Waals surface area contributed by atoms with Crippen LogP contribution in [0.2, 0.25) is 0 Å². The van der Waals surface area contributed by atoms with Gasteiger partial charge < -0.3 is 9.13 Å². The summed E-state index contributed by atoms with van der Waals surface area (Å²) in [5, 5.41) is 10.2. The molecule has 0 fully saturated rings. The van der Waals surface area contributed by atoms with Gasteiger partial charge in [-0.05, 0) is 127 Å². The highest BCUT2D eigenvalue weighted by molar-refractivity contribution is 6.20. The van der Waals surface area contributed by atoms with Crippen LogP contribution in [0.3, 0.4) is 0 Å². The fourth-order valence-corrected chi connectivity index (χ4v) is 10.0. The van der Waals surface area contributed by atoms with E-state index in [0.717, 1.165) is 5.69 Å². The highest BCUT2D eigenvalue weighted by Crippen LogP contribution is 2.49. The lowest BCUT2D eigenvalue weighted by atomic mass is 9.96. The first-order valence-electron chi connectivity index (χ1n) is 20.1. The Balaban J connectivity index is 0.968. The average Bonchev–Trinajstić information content (AvgIpc) is 3.93. The Bertz CT molecular complexity index is 3670. The molecule has 13 rings (SSSR count). The third-order valence-corrected chi connectivity index (χ3v) is 12.6. The molecule has 1 aliphatic rings. The number of aromatic nitrogens is 2. The monoisotopic (exact) mass is 734 g/mol. The van der Waals surface area contributed by atoms with Crippen molar-refractivity contribution in [3.05, 3.63) is 206 Å². The van der Waals surface area contributed by atoms with Gasteiger partial charge in [-0.25, -0.2) is 0 Å². The van der Waals surface area contributed by atoms with E-state index in [4.69, 9.17) is 0 Å². The van der Waals surface area contributed by atoms with Crippen LogP contribution in [0.4, 0.5) is 0 Å². The van der Waals surface area contributed by atoms with Gasteiger partial charge in [0.15, 0.2) is 0 Å². The van der Waals surface area contributed by atoms with Gasteiger partial charge in [0.05, 0.1) is 22.1 Å². The topological polar surface area (TPSA) is 9.86 Å². The number of hydrogen-bond donors (Lipinski definition) is 0. The van der Waals surface area contributed by atoms with Crippen molar-refractivity contribution < 1.29 is 0 Å². The largest absolute Gasteiger partial charge is 0.309 e.